The molecule has 0 atom stereocenters. The lowest BCUT2D eigenvalue weighted by Gasteiger charge is -2.21. The summed E-state index contributed by atoms with van der Waals surface area (Å²) in [4.78, 5) is 26.3. The Morgan fingerprint density at radius 3 is 2.62 bits per heavy atom. The fourth-order valence-electron chi connectivity index (χ4n) is 3.94. The van der Waals surface area contributed by atoms with Crippen LogP contribution in [0.2, 0.25) is 0 Å². The Morgan fingerprint density at radius 2 is 1.88 bits per heavy atom. The maximum atomic E-state index is 13.1. The molecule has 8 nitrogen and oxygen atoms in total. The van der Waals surface area contributed by atoms with Gasteiger partial charge in [-0.25, -0.2) is 4.98 Å². The van der Waals surface area contributed by atoms with Gasteiger partial charge in [-0.05, 0) is 31.0 Å². The maximum absolute atomic E-state index is 13.1. The van der Waals surface area contributed by atoms with Crippen molar-refractivity contribution >= 4 is 34.3 Å². The average molecular weight is 428 g/mol. The zero-order chi connectivity index (χ0) is 22.1. The van der Waals surface area contributed by atoms with Gasteiger partial charge in [-0.2, -0.15) is 4.98 Å². The molecule has 2 aromatic carbocycles. The van der Waals surface area contributed by atoms with E-state index in [4.69, 9.17) is 9.51 Å². The molecule has 8 heteroatoms. The van der Waals surface area contributed by atoms with E-state index in [0.29, 0.717) is 34.3 Å². The molecule has 2 aromatic heterocycles. The van der Waals surface area contributed by atoms with Crippen LogP contribution in [0.4, 0.5) is 17.5 Å². The topological polar surface area (TPSA) is 87.4 Å². The van der Waals surface area contributed by atoms with Crippen LogP contribution in [0.1, 0.15) is 23.2 Å². The third kappa shape index (κ3) is 3.75. The number of hydrogen-bond acceptors (Lipinski definition) is 7. The van der Waals surface area contributed by atoms with Crippen molar-refractivity contribution in [2.24, 2.45) is 0 Å². The number of benzene rings is 2. The van der Waals surface area contributed by atoms with Crippen LogP contribution >= 0.6 is 0 Å². The molecular formula is C24H24N6O2. The number of carbonyl (C=O) groups is 1. The van der Waals surface area contributed by atoms with Crippen LogP contribution in [0.5, 0.6) is 0 Å². The minimum absolute atomic E-state index is 0.243. The number of hydrogen-bond donors (Lipinski definition) is 1. The second kappa shape index (κ2) is 8.30. The second-order valence-corrected chi connectivity index (χ2v) is 8.06. The molecule has 162 valence electrons. The Morgan fingerprint density at radius 1 is 1.09 bits per heavy atom. The monoisotopic (exact) mass is 428 g/mol. The van der Waals surface area contributed by atoms with Gasteiger partial charge < -0.3 is 19.6 Å². The molecule has 1 N–H and O–H groups in total. The van der Waals surface area contributed by atoms with E-state index in [1.807, 2.05) is 49.3 Å². The largest absolute Gasteiger partial charge is 0.361 e. The molecule has 4 aromatic rings. The van der Waals surface area contributed by atoms with Crippen LogP contribution in [-0.4, -0.2) is 48.2 Å². The van der Waals surface area contributed by atoms with Crippen LogP contribution in [0.25, 0.3) is 22.2 Å². The molecule has 0 saturated carbocycles. The number of amides is 1. The summed E-state index contributed by atoms with van der Waals surface area (Å²) in [6.07, 6.45) is 3.98. The van der Waals surface area contributed by atoms with Gasteiger partial charge >= 0.3 is 0 Å². The Kier molecular flexibility index (Phi) is 5.18. The van der Waals surface area contributed by atoms with E-state index < -0.39 is 0 Å². The van der Waals surface area contributed by atoms with Crippen molar-refractivity contribution in [3.63, 3.8) is 0 Å². The number of anilines is 3. The highest BCUT2D eigenvalue weighted by atomic mass is 16.5. The van der Waals surface area contributed by atoms with Gasteiger partial charge in [0.25, 0.3) is 5.91 Å². The smallest absolute Gasteiger partial charge is 0.255 e. The lowest BCUT2D eigenvalue weighted by molar-refractivity contribution is 0.102. The molecule has 0 aliphatic carbocycles. The lowest BCUT2D eigenvalue weighted by Crippen LogP contribution is -2.23. The first-order chi connectivity index (χ1) is 15.6. The predicted molar refractivity (Wildman–Crippen MR) is 125 cm³/mol. The van der Waals surface area contributed by atoms with E-state index >= 15 is 0 Å². The summed E-state index contributed by atoms with van der Waals surface area (Å²) in [5.74, 6) is 1.77. The number of nitrogens with one attached hydrogen (secondary N) is 1. The van der Waals surface area contributed by atoms with Gasteiger partial charge in [-0.3, -0.25) is 4.79 Å². The minimum atomic E-state index is -0.243. The van der Waals surface area contributed by atoms with Crippen LogP contribution < -0.4 is 15.1 Å². The first-order valence-corrected chi connectivity index (χ1v) is 10.7. The Labute approximate surface area is 185 Å². The van der Waals surface area contributed by atoms with Crippen molar-refractivity contribution in [3.05, 3.63) is 60.3 Å². The molecule has 0 unspecified atom stereocenters. The quantitative estimate of drug-likeness (QED) is 0.510. The highest BCUT2D eigenvalue weighted by molar-refractivity contribution is 6.08. The van der Waals surface area contributed by atoms with Gasteiger partial charge in [0, 0.05) is 38.3 Å². The summed E-state index contributed by atoms with van der Waals surface area (Å²) in [6.45, 7) is 1.92. The molecule has 3 heterocycles. The summed E-state index contributed by atoms with van der Waals surface area (Å²) in [6, 6.07) is 15.1. The normalized spacial score (nSPS) is 13.5. The number of carbonyl (C=O) groups excluding carboxylic acids is 1. The molecule has 1 aliphatic rings. The van der Waals surface area contributed by atoms with E-state index in [-0.39, 0.29) is 5.91 Å². The standard InChI is InChI=1S/C24H24N6O2/c1-29(2)22-20(15-25-24(27-22)30-12-6-7-13-30)26-23(31)17-10-11-19-18(14-17)21(32-28-19)16-8-4-3-5-9-16/h3-5,8-11,14-15H,6-7,12-13H2,1-2H3,(H,26,31). The van der Waals surface area contributed by atoms with Crippen molar-refractivity contribution in [1.82, 2.24) is 15.1 Å². The minimum Gasteiger partial charge on any atom is -0.361 e. The van der Waals surface area contributed by atoms with Crippen molar-refractivity contribution in [3.8, 4) is 11.3 Å². The Bertz CT molecular complexity index is 1260. The zero-order valence-electron chi connectivity index (χ0n) is 18.1. The van der Waals surface area contributed by atoms with Crippen molar-refractivity contribution in [2.75, 3.05) is 42.3 Å². The van der Waals surface area contributed by atoms with E-state index in [1.54, 1.807) is 24.4 Å². The molecule has 0 spiro atoms. The van der Waals surface area contributed by atoms with Gasteiger partial charge in [0.05, 0.1) is 11.6 Å². The molecule has 5 rings (SSSR count). The van der Waals surface area contributed by atoms with Crippen LogP contribution in [0.15, 0.2) is 59.3 Å². The summed E-state index contributed by atoms with van der Waals surface area (Å²) in [5.41, 5.74) is 2.68. The zero-order valence-corrected chi connectivity index (χ0v) is 18.1. The molecule has 0 radical (unpaired) electrons. The van der Waals surface area contributed by atoms with Gasteiger partial charge in [-0.1, -0.05) is 35.5 Å². The van der Waals surface area contributed by atoms with Crippen molar-refractivity contribution in [2.45, 2.75) is 12.8 Å². The molecule has 1 fully saturated rings. The molecule has 32 heavy (non-hydrogen) atoms. The van der Waals surface area contributed by atoms with Crippen molar-refractivity contribution in [1.29, 1.82) is 0 Å². The van der Waals surface area contributed by atoms with Gasteiger partial charge in [0.15, 0.2) is 11.6 Å². The van der Waals surface area contributed by atoms with E-state index in [2.05, 4.69) is 20.4 Å². The summed E-state index contributed by atoms with van der Waals surface area (Å²) < 4.78 is 5.55. The van der Waals surface area contributed by atoms with Crippen molar-refractivity contribution < 1.29 is 9.32 Å². The highest BCUT2D eigenvalue weighted by Crippen LogP contribution is 2.30. The third-order valence-electron chi connectivity index (χ3n) is 5.59. The van der Waals surface area contributed by atoms with E-state index in [1.165, 1.54) is 0 Å². The van der Waals surface area contributed by atoms with Crippen LogP contribution in [0.3, 0.4) is 0 Å². The third-order valence-corrected chi connectivity index (χ3v) is 5.59. The summed E-state index contributed by atoms with van der Waals surface area (Å²) in [7, 11) is 3.81. The molecule has 0 bridgehead atoms. The maximum Gasteiger partial charge on any atom is 0.255 e. The SMILES string of the molecule is CN(C)c1nc(N2CCCC2)ncc1NC(=O)c1ccc2noc(-c3ccccc3)c2c1. The Balaban J connectivity index is 1.44. The van der Waals surface area contributed by atoms with Gasteiger partial charge in [-0.15, -0.1) is 0 Å². The van der Waals surface area contributed by atoms with E-state index in [0.717, 1.165) is 36.9 Å². The summed E-state index contributed by atoms with van der Waals surface area (Å²) in [5, 5.41) is 7.88. The second-order valence-electron chi connectivity index (χ2n) is 8.06. The molecule has 1 aliphatic heterocycles. The number of nitrogens with zero attached hydrogens (tertiary/aromatic N) is 5. The Hall–Kier alpha value is -3.94. The molecular weight excluding hydrogens is 404 g/mol. The lowest BCUT2D eigenvalue weighted by atomic mass is 10.1. The highest BCUT2D eigenvalue weighted by Gasteiger charge is 2.20. The number of rotatable bonds is 5. The van der Waals surface area contributed by atoms with Gasteiger partial charge in [0.1, 0.15) is 11.2 Å². The molecule has 1 saturated heterocycles. The van der Waals surface area contributed by atoms with Crippen LogP contribution in [-0.2, 0) is 0 Å². The average Bonchev–Trinajstić information content (AvgIpc) is 3.49. The number of fused-ring (bicyclic) bond motifs is 1. The summed E-state index contributed by atoms with van der Waals surface area (Å²) >= 11 is 0. The van der Waals surface area contributed by atoms with E-state index in [9.17, 15) is 4.79 Å². The fraction of sp³-hybridized carbons (Fsp3) is 0.250. The first kappa shape index (κ1) is 20.0. The fourth-order valence-corrected chi connectivity index (χ4v) is 3.94. The first-order valence-electron chi connectivity index (χ1n) is 10.7. The van der Waals surface area contributed by atoms with Crippen LogP contribution in [0, 0.1) is 0 Å². The number of aromatic nitrogens is 3. The predicted octanol–water partition coefficient (Wildman–Crippen LogP) is 4.20. The molecule has 1 amide bonds. The van der Waals surface area contributed by atoms with Gasteiger partial charge in [0.2, 0.25) is 5.95 Å².